The van der Waals surface area contributed by atoms with Crippen molar-refractivity contribution in [1.82, 2.24) is 0 Å². The quantitative estimate of drug-likeness (QED) is 0.428. The molecular weight excluding hydrogens is 465 g/mol. The summed E-state index contributed by atoms with van der Waals surface area (Å²) in [5, 5.41) is 3.57. The molecule has 0 spiro atoms. The summed E-state index contributed by atoms with van der Waals surface area (Å²) in [6.45, 7) is 0.250. The van der Waals surface area contributed by atoms with Crippen molar-refractivity contribution in [3.63, 3.8) is 0 Å². The van der Waals surface area contributed by atoms with E-state index in [0.717, 1.165) is 5.56 Å². The molecule has 0 radical (unpaired) electrons. The van der Waals surface area contributed by atoms with Gasteiger partial charge in [-0.1, -0.05) is 59.6 Å². The average Bonchev–Trinajstić information content (AvgIpc) is 2.66. The Hall–Kier alpha value is -2.21. The van der Waals surface area contributed by atoms with Gasteiger partial charge in [0.15, 0.2) is 12.4 Å². The normalized spacial score (nSPS) is 10.4. The number of anilines is 1. The molecule has 0 aliphatic carbocycles. The van der Waals surface area contributed by atoms with Crippen LogP contribution >= 0.6 is 39.1 Å². The summed E-state index contributed by atoms with van der Waals surface area (Å²) in [6, 6.07) is 20.2. The van der Waals surface area contributed by atoms with Gasteiger partial charge in [-0.2, -0.15) is 0 Å². The molecule has 28 heavy (non-hydrogen) atoms. The summed E-state index contributed by atoms with van der Waals surface area (Å²) in [7, 11) is 0. The van der Waals surface area contributed by atoms with Crippen molar-refractivity contribution in [3.8, 4) is 11.5 Å². The van der Waals surface area contributed by atoms with Gasteiger partial charge < -0.3 is 14.8 Å². The van der Waals surface area contributed by atoms with Crippen LogP contribution in [0.5, 0.6) is 11.5 Å². The minimum absolute atomic E-state index is 0.199. The van der Waals surface area contributed by atoms with Gasteiger partial charge in [-0.15, -0.1) is 0 Å². The molecule has 0 aromatic heterocycles. The molecule has 0 unspecified atom stereocenters. The van der Waals surface area contributed by atoms with E-state index in [1.807, 2.05) is 42.5 Å². The van der Waals surface area contributed by atoms with E-state index < -0.39 is 0 Å². The van der Waals surface area contributed by atoms with Crippen LogP contribution in [0, 0.1) is 0 Å². The predicted molar refractivity (Wildman–Crippen MR) is 116 cm³/mol. The molecule has 0 aliphatic rings. The van der Waals surface area contributed by atoms with Crippen LogP contribution in [0.1, 0.15) is 5.56 Å². The zero-order valence-electron chi connectivity index (χ0n) is 14.6. The number of benzene rings is 3. The smallest absolute Gasteiger partial charge is 0.262 e. The van der Waals surface area contributed by atoms with Crippen molar-refractivity contribution < 1.29 is 14.3 Å². The van der Waals surface area contributed by atoms with Crippen LogP contribution in [0.4, 0.5) is 5.69 Å². The summed E-state index contributed by atoms with van der Waals surface area (Å²) in [5.41, 5.74) is 1.68. The van der Waals surface area contributed by atoms with E-state index in [2.05, 4.69) is 21.2 Å². The maximum absolute atomic E-state index is 12.2. The Morgan fingerprint density at radius 2 is 1.75 bits per heavy atom. The molecular formula is C21H16BrCl2NO3. The average molecular weight is 481 g/mol. The van der Waals surface area contributed by atoms with E-state index in [9.17, 15) is 4.79 Å². The SMILES string of the molecule is O=C(COc1c(Cl)cc(Cl)cc1Br)Nc1cccc(OCc2ccccc2)c1. The number of amides is 1. The Kier molecular flexibility index (Phi) is 7.20. The van der Waals surface area contributed by atoms with E-state index in [1.165, 1.54) is 0 Å². The molecule has 144 valence electrons. The molecule has 0 saturated heterocycles. The van der Waals surface area contributed by atoms with Crippen LogP contribution in [0.15, 0.2) is 71.2 Å². The number of hydrogen-bond donors (Lipinski definition) is 1. The number of carbonyl (C=O) groups excluding carboxylic acids is 1. The zero-order valence-corrected chi connectivity index (χ0v) is 17.7. The summed E-state index contributed by atoms with van der Waals surface area (Å²) in [5.74, 6) is 0.699. The maximum Gasteiger partial charge on any atom is 0.262 e. The van der Waals surface area contributed by atoms with Crippen LogP contribution < -0.4 is 14.8 Å². The first kappa shape index (κ1) is 20.5. The first-order valence-electron chi connectivity index (χ1n) is 8.35. The van der Waals surface area contributed by atoms with Gasteiger partial charge in [0.2, 0.25) is 0 Å². The lowest BCUT2D eigenvalue weighted by atomic mass is 10.2. The Morgan fingerprint density at radius 3 is 2.50 bits per heavy atom. The Balaban J connectivity index is 1.56. The fourth-order valence-corrected chi connectivity index (χ4v) is 3.77. The molecule has 0 fully saturated rings. The lowest BCUT2D eigenvalue weighted by molar-refractivity contribution is -0.118. The van der Waals surface area contributed by atoms with Crippen molar-refractivity contribution in [2.75, 3.05) is 11.9 Å². The Morgan fingerprint density at radius 1 is 0.964 bits per heavy atom. The zero-order chi connectivity index (χ0) is 19.9. The second-order valence-electron chi connectivity index (χ2n) is 5.84. The maximum atomic E-state index is 12.2. The molecule has 1 N–H and O–H groups in total. The van der Waals surface area contributed by atoms with Crippen molar-refractivity contribution >= 4 is 50.7 Å². The minimum atomic E-state index is -0.321. The van der Waals surface area contributed by atoms with Gasteiger partial charge in [-0.25, -0.2) is 0 Å². The summed E-state index contributed by atoms with van der Waals surface area (Å²) in [6.07, 6.45) is 0. The third-order valence-electron chi connectivity index (χ3n) is 3.68. The van der Waals surface area contributed by atoms with Crippen LogP contribution in [0.2, 0.25) is 10.0 Å². The molecule has 3 rings (SSSR count). The van der Waals surface area contributed by atoms with Crippen molar-refractivity contribution in [2.45, 2.75) is 6.61 Å². The fourth-order valence-electron chi connectivity index (χ4n) is 2.41. The monoisotopic (exact) mass is 479 g/mol. The number of ether oxygens (including phenoxy) is 2. The van der Waals surface area contributed by atoms with E-state index in [1.54, 1.807) is 24.3 Å². The van der Waals surface area contributed by atoms with E-state index in [0.29, 0.717) is 38.3 Å². The second-order valence-corrected chi connectivity index (χ2v) is 7.54. The highest BCUT2D eigenvalue weighted by molar-refractivity contribution is 9.10. The Bertz CT molecular complexity index is 944. The highest BCUT2D eigenvalue weighted by Gasteiger charge is 2.11. The molecule has 0 saturated carbocycles. The van der Waals surface area contributed by atoms with Crippen molar-refractivity contribution in [3.05, 3.63) is 86.8 Å². The van der Waals surface area contributed by atoms with Gasteiger partial charge in [0, 0.05) is 16.8 Å². The number of nitrogens with one attached hydrogen (secondary N) is 1. The first-order valence-corrected chi connectivity index (χ1v) is 9.90. The van der Waals surface area contributed by atoms with Gasteiger partial charge in [-0.3, -0.25) is 4.79 Å². The molecule has 3 aromatic carbocycles. The molecule has 1 amide bonds. The summed E-state index contributed by atoms with van der Waals surface area (Å²) < 4.78 is 11.9. The van der Waals surface area contributed by atoms with Crippen LogP contribution in [0.3, 0.4) is 0 Å². The molecule has 0 aliphatic heterocycles. The van der Waals surface area contributed by atoms with E-state index >= 15 is 0 Å². The van der Waals surface area contributed by atoms with Crippen LogP contribution in [-0.2, 0) is 11.4 Å². The van der Waals surface area contributed by atoms with Gasteiger partial charge in [0.1, 0.15) is 12.4 Å². The fraction of sp³-hybridized carbons (Fsp3) is 0.0952. The standard InChI is InChI=1S/C21H16BrCl2NO3/c22-18-9-15(23)10-19(24)21(18)28-13-20(26)25-16-7-4-8-17(11-16)27-12-14-5-2-1-3-6-14/h1-11H,12-13H2,(H,25,26). The highest BCUT2D eigenvalue weighted by atomic mass is 79.9. The molecule has 0 heterocycles. The number of rotatable bonds is 7. The van der Waals surface area contributed by atoms with Gasteiger partial charge in [0.05, 0.1) is 9.50 Å². The number of carbonyl (C=O) groups is 1. The third kappa shape index (κ3) is 5.89. The summed E-state index contributed by atoms with van der Waals surface area (Å²) in [4.78, 5) is 12.2. The molecule has 4 nitrogen and oxygen atoms in total. The summed E-state index contributed by atoms with van der Waals surface area (Å²) >= 11 is 15.3. The van der Waals surface area contributed by atoms with Crippen LogP contribution in [-0.4, -0.2) is 12.5 Å². The van der Waals surface area contributed by atoms with Crippen molar-refractivity contribution in [2.24, 2.45) is 0 Å². The highest BCUT2D eigenvalue weighted by Crippen LogP contribution is 2.36. The van der Waals surface area contributed by atoms with Gasteiger partial charge in [-0.05, 0) is 45.8 Å². The van der Waals surface area contributed by atoms with E-state index in [-0.39, 0.29) is 12.5 Å². The molecule has 0 bridgehead atoms. The topological polar surface area (TPSA) is 47.6 Å². The van der Waals surface area contributed by atoms with Crippen molar-refractivity contribution in [1.29, 1.82) is 0 Å². The molecule has 0 atom stereocenters. The van der Waals surface area contributed by atoms with Gasteiger partial charge >= 0.3 is 0 Å². The first-order chi connectivity index (χ1) is 13.5. The molecule has 7 heteroatoms. The third-order valence-corrected chi connectivity index (χ3v) is 4.76. The van der Waals surface area contributed by atoms with E-state index in [4.69, 9.17) is 32.7 Å². The number of hydrogen-bond acceptors (Lipinski definition) is 3. The lowest BCUT2D eigenvalue weighted by Gasteiger charge is -2.12. The number of halogens is 3. The largest absolute Gasteiger partial charge is 0.489 e. The second kappa shape index (κ2) is 9.82. The van der Waals surface area contributed by atoms with Gasteiger partial charge in [0.25, 0.3) is 5.91 Å². The lowest BCUT2D eigenvalue weighted by Crippen LogP contribution is -2.20. The molecule has 3 aromatic rings. The minimum Gasteiger partial charge on any atom is -0.489 e. The Labute approximate surface area is 181 Å². The predicted octanol–water partition coefficient (Wildman–Crippen LogP) is 6.35. The van der Waals surface area contributed by atoms with Crippen LogP contribution in [0.25, 0.3) is 0 Å².